The van der Waals surface area contributed by atoms with E-state index in [2.05, 4.69) is 47.1 Å². The van der Waals surface area contributed by atoms with Gasteiger partial charge in [-0.2, -0.15) is 0 Å². The summed E-state index contributed by atoms with van der Waals surface area (Å²) in [5.74, 6) is -1.93. The minimum Gasteiger partial charge on any atom is -0.463 e. The van der Waals surface area contributed by atoms with Crippen LogP contribution in [0.5, 0.6) is 0 Å². The van der Waals surface area contributed by atoms with Gasteiger partial charge in [0.05, 0.1) is 6.61 Å². The molecule has 0 fully saturated rings. The van der Waals surface area contributed by atoms with Gasteiger partial charge in [0.2, 0.25) is 0 Å². The Balaban J connectivity index is -0.000000262. The van der Waals surface area contributed by atoms with Gasteiger partial charge in [0, 0.05) is 24.3 Å². The standard InChI is InChI=1S/C6H8O2.C5H8O2.C4H2O3.C2H4/c1-3-5-8-6(7)4-2;1-3-5(6)7-4-2;5-3-1-2-4(6)7-3;1-2/h3-4H,1-2,5H2;3H,1,4H2,2H3;1-2H;1-2H2. The van der Waals surface area contributed by atoms with E-state index in [1.165, 1.54) is 6.08 Å². The summed E-state index contributed by atoms with van der Waals surface area (Å²) in [4.78, 5) is 40.1. The number of esters is 4. The quantitative estimate of drug-likeness (QED) is 0.249. The first-order chi connectivity index (χ1) is 11.4. The van der Waals surface area contributed by atoms with Crippen LogP contribution >= 0.6 is 0 Å². The Morgan fingerprint density at radius 3 is 1.62 bits per heavy atom. The summed E-state index contributed by atoms with van der Waals surface area (Å²) in [6, 6.07) is 0. The molecule has 0 unspecified atom stereocenters. The van der Waals surface area contributed by atoms with Crippen molar-refractivity contribution in [1.82, 2.24) is 0 Å². The van der Waals surface area contributed by atoms with Crippen LogP contribution < -0.4 is 0 Å². The molecule has 0 aromatic carbocycles. The molecule has 0 radical (unpaired) electrons. The number of carbonyl (C=O) groups excluding carboxylic acids is 4. The summed E-state index contributed by atoms with van der Waals surface area (Å²) < 4.78 is 12.9. The SMILES string of the molecule is C=C.C=CC(=O)OCC.C=CCOC(=O)C=C.O=C1C=CC(=O)O1. The van der Waals surface area contributed by atoms with Gasteiger partial charge < -0.3 is 14.2 Å². The molecule has 0 N–H and O–H groups in total. The number of hydrogen-bond donors (Lipinski definition) is 0. The lowest BCUT2D eigenvalue weighted by Crippen LogP contribution is -1.98. The zero-order chi connectivity index (χ0) is 19.4. The molecule has 1 aliphatic heterocycles. The molecule has 1 aliphatic rings. The summed E-state index contributed by atoms with van der Waals surface area (Å²) in [6.07, 6.45) is 5.93. The molecule has 24 heavy (non-hydrogen) atoms. The second-order valence-corrected chi connectivity index (χ2v) is 3.15. The van der Waals surface area contributed by atoms with Crippen molar-refractivity contribution in [2.45, 2.75) is 6.92 Å². The van der Waals surface area contributed by atoms with Gasteiger partial charge in [-0.1, -0.05) is 25.8 Å². The number of cyclic esters (lactones) is 2. The van der Waals surface area contributed by atoms with Crippen LogP contribution in [0.25, 0.3) is 0 Å². The van der Waals surface area contributed by atoms with Crippen molar-refractivity contribution in [3.05, 3.63) is 63.3 Å². The molecule has 1 rings (SSSR count). The molecule has 0 aromatic heterocycles. The molecule has 132 valence electrons. The van der Waals surface area contributed by atoms with Gasteiger partial charge in [-0.3, -0.25) is 0 Å². The van der Waals surface area contributed by atoms with Crippen LogP contribution in [0.15, 0.2) is 63.3 Å². The van der Waals surface area contributed by atoms with Crippen LogP contribution in [0.2, 0.25) is 0 Å². The number of hydrogen-bond acceptors (Lipinski definition) is 7. The van der Waals surface area contributed by atoms with E-state index in [9.17, 15) is 19.2 Å². The molecular formula is C17H22O7. The third-order valence-corrected chi connectivity index (χ3v) is 1.52. The van der Waals surface area contributed by atoms with Crippen LogP contribution in [-0.2, 0) is 33.4 Å². The van der Waals surface area contributed by atoms with E-state index in [0.29, 0.717) is 6.61 Å². The highest BCUT2D eigenvalue weighted by atomic mass is 16.6. The Morgan fingerprint density at radius 1 is 1.00 bits per heavy atom. The second-order valence-electron chi connectivity index (χ2n) is 3.15. The van der Waals surface area contributed by atoms with Gasteiger partial charge in [-0.05, 0) is 6.92 Å². The van der Waals surface area contributed by atoms with Crippen molar-refractivity contribution in [1.29, 1.82) is 0 Å². The van der Waals surface area contributed by atoms with E-state index in [-0.39, 0.29) is 12.6 Å². The van der Waals surface area contributed by atoms with Gasteiger partial charge in [-0.15, -0.1) is 13.2 Å². The van der Waals surface area contributed by atoms with Crippen LogP contribution in [0.4, 0.5) is 0 Å². The molecular weight excluding hydrogens is 316 g/mol. The number of carbonyl (C=O) groups is 4. The van der Waals surface area contributed by atoms with Crippen molar-refractivity contribution in [2.75, 3.05) is 13.2 Å². The first-order valence-corrected chi connectivity index (χ1v) is 6.54. The number of ether oxygens (including phenoxy) is 3. The van der Waals surface area contributed by atoms with Crippen LogP contribution in [-0.4, -0.2) is 37.1 Å². The van der Waals surface area contributed by atoms with Gasteiger partial charge >= 0.3 is 23.9 Å². The maximum absolute atomic E-state index is 10.2. The minimum absolute atomic E-state index is 0.255. The zero-order valence-corrected chi connectivity index (χ0v) is 13.7. The maximum Gasteiger partial charge on any atom is 0.338 e. The minimum atomic E-state index is -0.579. The monoisotopic (exact) mass is 338 g/mol. The third-order valence-electron chi connectivity index (χ3n) is 1.52. The summed E-state index contributed by atoms with van der Waals surface area (Å²) >= 11 is 0. The maximum atomic E-state index is 10.2. The predicted molar refractivity (Wildman–Crippen MR) is 89.7 cm³/mol. The second kappa shape index (κ2) is 19.8. The molecule has 0 aromatic rings. The lowest BCUT2D eigenvalue weighted by atomic mass is 10.6. The molecule has 0 saturated heterocycles. The molecule has 0 atom stereocenters. The Bertz CT molecular complexity index is 459. The van der Waals surface area contributed by atoms with Crippen molar-refractivity contribution in [2.24, 2.45) is 0 Å². The van der Waals surface area contributed by atoms with Gasteiger partial charge in [0.1, 0.15) is 6.61 Å². The van der Waals surface area contributed by atoms with Crippen LogP contribution in [0, 0.1) is 0 Å². The third kappa shape index (κ3) is 21.1. The molecule has 0 bridgehead atoms. The largest absolute Gasteiger partial charge is 0.463 e. The van der Waals surface area contributed by atoms with E-state index < -0.39 is 17.9 Å². The molecule has 0 aliphatic carbocycles. The molecule has 7 nitrogen and oxygen atoms in total. The fourth-order valence-electron chi connectivity index (χ4n) is 0.704. The van der Waals surface area contributed by atoms with E-state index in [4.69, 9.17) is 0 Å². The molecule has 0 saturated carbocycles. The Morgan fingerprint density at radius 2 is 1.42 bits per heavy atom. The average Bonchev–Trinajstić information content (AvgIpc) is 2.98. The smallest absolute Gasteiger partial charge is 0.338 e. The zero-order valence-electron chi connectivity index (χ0n) is 13.7. The first kappa shape index (κ1) is 25.7. The Hall–Kier alpha value is -3.22. The summed E-state index contributed by atoms with van der Waals surface area (Å²) in [7, 11) is 0. The molecule has 1 heterocycles. The summed E-state index contributed by atoms with van der Waals surface area (Å²) in [6.45, 7) is 18.2. The van der Waals surface area contributed by atoms with Crippen molar-refractivity contribution >= 4 is 23.9 Å². The van der Waals surface area contributed by atoms with Gasteiger partial charge in [0.25, 0.3) is 0 Å². The van der Waals surface area contributed by atoms with Crippen LogP contribution in [0.3, 0.4) is 0 Å². The van der Waals surface area contributed by atoms with E-state index in [1.54, 1.807) is 6.92 Å². The van der Waals surface area contributed by atoms with Crippen molar-refractivity contribution in [3.8, 4) is 0 Å². The number of rotatable bonds is 5. The normalized spacial score (nSPS) is 10.0. The van der Waals surface area contributed by atoms with Crippen LogP contribution in [0.1, 0.15) is 6.92 Å². The summed E-state index contributed by atoms with van der Waals surface area (Å²) in [5, 5.41) is 0. The fourth-order valence-corrected chi connectivity index (χ4v) is 0.704. The highest BCUT2D eigenvalue weighted by Crippen LogP contribution is 1.92. The van der Waals surface area contributed by atoms with E-state index in [0.717, 1.165) is 24.3 Å². The lowest BCUT2D eigenvalue weighted by molar-refractivity contribution is -0.150. The Kier molecular flexibility index (Phi) is 21.2. The molecule has 0 amide bonds. The van der Waals surface area contributed by atoms with E-state index >= 15 is 0 Å². The highest BCUT2D eigenvalue weighted by molar-refractivity contribution is 6.04. The average molecular weight is 338 g/mol. The van der Waals surface area contributed by atoms with E-state index in [1.807, 2.05) is 0 Å². The molecule has 0 spiro atoms. The lowest BCUT2D eigenvalue weighted by Gasteiger charge is -1.92. The fraction of sp³-hybridized carbons (Fsp3) is 0.176. The topological polar surface area (TPSA) is 96.0 Å². The predicted octanol–water partition coefficient (Wildman–Crippen LogP) is 2.07. The van der Waals surface area contributed by atoms with Crippen molar-refractivity contribution < 1.29 is 33.4 Å². The highest BCUT2D eigenvalue weighted by Gasteiger charge is 2.10. The Labute approximate surface area is 141 Å². The summed E-state index contributed by atoms with van der Waals surface area (Å²) in [5.41, 5.74) is 0. The van der Waals surface area contributed by atoms with Gasteiger partial charge in [-0.25, -0.2) is 19.2 Å². The van der Waals surface area contributed by atoms with Crippen molar-refractivity contribution in [3.63, 3.8) is 0 Å². The first-order valence-electron chi connectivity index (χ1n) is 6.54. The van der Waals surface area contributed by atoms with Gasteiger partial charge in [0.15, 0.2) is 0 Å². The molecule has 7 heteroatoms.